The molecule has 6 heteroatoms. The first kappa shape index (κ1) is 22.7. The minimum Gasteiger partial charge on any atom is -0.445 e. The molecule has 1 rings (SSSR count). The molecule has 2 amide bonds. The Balaban J connectivity index is 3.14. The lowest BCUT2D eigenvalue weighted by molar-refractivity contribution is -0.132. The van der Waals surface area contributed by atoms with Crippen LogP contribution < -0.4 is 11.1 Å². The van der Waals surface area contributed by atoms with Gasteiger partial charge in [-0.25, -0.2) is 4.79 Å². The van der Waals surface area contributed by atoms with Crippen molar-refractivity contribution in [2.24, 2.45) is 17.1 Å². The van der Waals surface area contributed by atoms with Gasteiger partial charge >= 0.3 is 6.09 Å². The average molecular weight is 376 g/mol. The van der Waals surface area contributed by atoms with Crippen LogP contribution >= 0.6 is 0 Å². The van der Waals surface area contributed by atoms with E-state index < -0.39 is 23.0 Å². The van der Waals surface area contributed by atoms with E-state index in [0.29, 0.717) is 13.0 Å². The first-order valence-electron chi connectivity index (χ1n) is 9.09. The second-order valence-corrected chi connectivity index (χ2v) is 8.09. The third-order valence-corrected chi connectivity index (χ3v) is 4.73. The zero-order chi connectivity index (χ0) is 20.7. The molecular formula is C21H33N3O3. The average Bonchev–Trinajstić information content (AvgIpc) is 2.56. The summed E-state index contributed by atoms with van der Waals surface area (Å²) in [7, 11) is 3.83. The number of hydrogen-bond acceptors (Lipinski definition) is 4. The van der Waals surface area contributed by atoms with Crippen LogP contribution in [0.25, 0.3) is 0 Å². The number of alkyl carbamates (subject to hydrolysis) is 1. The molecule has 0 saturated heterocycles. The molecule has 27 heavy (non-hydrogen) atoms. The van der Waals surface area contributed by atoms with E-state index in [2.05, 4.69) is 11.9 Å². The van der Waals surface area contributed by atoms with E-state index in [4.69, 9.17) is 10.5 Å². The van der Waals surface area contributed by atoms with Crippen molar-refractivity contribution in [2.45, 2.75) is 39.3 Å². The van der Waals surface area contributed by atoms with Gasteiger partial charge in [0.05, 0.1) is 0 Å². The van der Waals surface area contributed by atoms with Gasteiger partial charge in [-0.1, -0.05) is 57.2 Å². The molecule has 0 aliphatic heterocycles. The quantitative estimate of drug-likeness (QED) is 0.650. The Hall–Kier alpha value is -2.34. The lowest BCUT2D eigenvalue weighted by Gasteiger charge is -2.48. The molecule has 0 aliphatic carbocycles. The Kier molecular flexibility index (Phi) is 8.03. The van der Waals surface area contributed by atoms with Crippen molar-refractivity contribution in [1.82, 2.24) is 10.2 Å². The van der Waals surface area contributed by atoms with Crippen LogP contribution in [0.4, 0.5) is 4.79 Å². The number of hydrogen-bond donors (Lipinski definition) is 2. The summed E-state index contributed by atoms with van der Waals surface area (Å²) in [5, 5.41) is 2.82. The first-order chi connectivity index (χ1) is 12.5. The molecule has 0 heterocycles. The van der Waals surface area contributed by atoms with E-state index in [9.17, 15) is 9.59 Å². The number of carbonyl (C=O) groups is 2. The largest absolute Gasteiger partial charge is 0.445 e. The number of ether oxygens (including phenoxy) is 1. The van der Waals surface area contributed by atoms with Crippen molar-refractivity contribution in [1.29, 1.82) is 0 Å². The molecule has 0 fully saturated rings. The van der Waals surface area contributed by atoms with Gasteiger partial charge < -0.3 is 20.7 Å². The molecule has 2 atom stereocenters. The van der Waals surface area contributed by atoms with Crippen molar-refractivity contribution in [3.8, 4) is 0 Å². The van der Waals surface area contributed by atoms with Crippen LogP contribution in [0.5, 0.6) is 0 Å². The zero-order valence-electron chi connectivity index (χ0n) is 17.1. The summed E-state index contributed by atoms with van der Waals surface area (Å²) in [6, 6.07) is 9.37. The highest BCUT2D eigenvalue weighted by molar-refractivity contribution is 5.90. The maximum atomic E-state index is 12.7. The fraction of sp³-hybridized carbons (Fsp3) is 0.524. The van der Waals surface area contributed by atoms with Gasteiger partial charge in [-0.2, -0.15) is 0 Å². The molecule has 1 aromatic rings. The van der Waals surface area contributed by atoms with Gasteiger partial charge in [0.2, 0.25) is 5.91 Å². The summed E-state index contributed by atoms with van der Waals surface area (Å²) in [5.74, 6) is -0.841. The van der Waals surface area contributed by atoms with Gasteiger partial charge in [-0.15, -0.1) is 6.58 Å². The van der Waals surface area contributed by atoms with E-state index in [1.54, 1.807) is 6.08 Å². The van der Waals surface area contributed by atoms with Crippen LogP contribution in [0.3, 0.4) is 0 Å². The number of nitrogens with zero attached hydrogens (tertiary/aromatic N) is 1. The number of nitrogens with one attached hydrogen (secondary N) is 1. The smallest absolute Gasteiger partial charge is 0.408 e. The third kappa shape index (κ3) is 5.82. The molecule has 0 radical (unpaired) electrons. The maximum Gasteiger partial charge on any atom is 0.408 e. The summed E-state index contributed by atoms with van der Waals surface area (Å²) in [5.41, 5.74) is 4.80. The second kappa shape index (κ2) is 9.55. The Morgan fingerprint density at radius 3 is 2.30 bits per heavy atom. The minimum atomic E-state index is -1.29. The van der Waals surface area contributed by atoms with E-state index in [-0.39, 0.29) is 12.5 Å². The van der Waals surface area contributed by atoms with E-state index >= 15 is 0 Å². The summed E-state index contributed by atoms with van der Waals surface area (Å²) >= 11 is 0. The molecule has 0 unspecified atom stereocenters. The Bertz CT molecular complexity index is 638. The fourth-order valence-electron chi connectivity index (χ4n) is 3.48. The van der Waals surface area contributed by atoms with Crippen molar-refractivity contribution >= 4 is 12.0 Å². The number of amides is 2. The fourth-order valence-corrected chi connectivity index (χ4v) is 3.48. The SMILES string of the molecule is C=CC[C@H](CN(C)C)[C@@](NC(=O)OCc1ccccc1)(C(N)=O)C(C)(C)C. The second-order valence-electron chi connectivity index (χ2n) is 8.09. The minimum absolute atomic E-state index is 0.117. The Morgan fingerprint density at radius 1 is 1.26 bits per heavy atom. The van der Waals surface area contributed by atoms with Gasteiger partial charge in [-0.3, -0.25) is 4.79 Å². The maximum absolute atomic E-state index is 12.7. The van der Waals surface area contributed by atoms with Gasteiger partial charge in [-0.05, 0) is 31.5 Å². The van der Waals surface area contributed by atoms with Crippen LogP contribution in [0.2, 0.25) is 0 Å². The first-order valence-corrected chi connectivity index (χ1v) is 9.09. The number of carbonyl (C=O) groups excluding carboxylic acids is 2. The molecule has 6 nitrogen and oxygen atoms in total. The molecule has 150 valence electrons. The van der Waals surface area contributed by atoms with Crippen LogP contribution in [-0.4, -0.2) is 43.1 Å². The topological polar surface area (TPSA) is 84.7 Å². The Morgan fingerprint density at radius 2 is 1.85 bits per heavy atom. The van der Waals surface area contributed by atoms with Crippen molar-refractivity contribution in [3.63, 3.8) is 0 Å². The number of benzene rings is 1. The van der Waals surface area contributed by atoms with Crippen LogP contribution in [0, 0.1) is 11.3 Å². The normalized spacial score (nSPS) is 14.9. The monoisotopic (exact) mass is 375 g/mol. The lowest BCUT2D eigenvalue weighted by Crippen LogP contribution is -2.70. The summed E-state index contributed by atoms with van der Waals surface area (Å²) in [6.07, 6.45) is 1.60. The molecule has 0 aromatic heterocycles. The molecule has 0 aliphatic rings. The zero-order valence-corrected chi connectivity index (χ0v) is 17.1. The standard InChI is InChI=1S/C21H33N3O3/c1-7-11-17(14-24(5)6)21(18(22)25,20(2,3)4)23-19(26)27-15-16-12-9-8-10-13-16/h7-10,12-13,17H,1,11,14-15H2,2-6H3,(H2,22,25)(H,23,26)/t17-,21-/m1/s1. The van der Waals surface area contributed by atoms with E-state index in [1.165, 1.54) is 0 Å². The lowest BCUT2D eigenvalue weighted by atomic mass is 9.64. The highest BCUT2D eigenvalue weighted by Crippen LogP contribution is 2.39. The van der Waals surface area contributed by atoms with Crippen LogP contribution in [0.1, 0.15) is 32.8 Å². The predicted octanol–water partition coefficient (Wildman–Crippen LogP) is 2.94. The highest BCUT2D eigenvalue weighted by Gasteiger charge is 2.54. The number of allylic oxidation sites excluding steroid dienone is 1. The summed E-state index contributed by atoms with van der Waals surface area (Å²) in [4.78, 5) is 27.2. The van der Waals surface area contributed by atoms with Gasteiger partial charge in [0.25, 0.3) is 0 Å². The van der Waals surface area contributed by atoms with E-state index in [1.807, 2.05) is 70.1 Å². The van der Waals surface area contributed by atoms with Crippen molar-refractivity contribution in [3.05, 3.63) is 48.6 Å². The van der Waals surface area contributed by atoms with Crippen LogP contribution in [-0.2, 0) is 16.1 Å². The van der Waals surface area contributed by atoms with Crippen LogP contribution in [0.15, 0.2) is 43.0 Å². The molecule has 0 saturated carbocycles. The van der Waals surface area contributed by atoms with Gasteiger partial charge in [0, 0.05) is 12.5 Å². The molecule has 3 N–H and O–H groups in total. The number of primary amides is 1. The summed E-state index contributed by atoms with van der Waals surface area (Å²) < 4.78 is 5.36. The highest BCUT2D eigenvalue weighted by atomic mass is 16.5. The predicted molar refractivity (Wildman–Crippen MR) is 108 cm³/mol. The molecular weight excluding hydrogens is 342 g/mol. The number of rotatable bonds is 9. The molecule has 0 bridgehead atoms. The van der Waals surface area contributed by atoms with Crippen molar-refractivity contribution in [2.75, 3.05) is 20.6 Å². The van der Waals surface area contributed by atoms with Crippen molar-refractivity contribution < 1.29 is 14.3 Å². The van der Waals surface area contributed by atoms with Gasteiger partial charge in [0.1, 0.15) is 12.1 Å². The Labute approximate surface area is 162 Å². The van der Waals surface area contributed by atoms with Gasteiger partial charge in [0.15, 0.2) is 0 Å². The molecule has 1 aromatic carbocycles. The number of nitrogens with two attached hydrogens (primary N) is 1. The third-order valence-electron chi connectivity index (χ3n) is 4.73. The van der Waals surface area contributed by atoms with E-state index in [0.717, 1.165) is 5.56 Å². The molecule has 0 spiro atoms. The summed E-state index contributed by atoms with van der Waals surface area (Å²) in [6.45, 7) is 10.2.